The first-order chi connectivity index (χ1) is 11.1. The summed E-state index contributed by atoms with van der Waals surface area (Å²) >= 11 is 0. The highest BCUT2D eigenvalue weighted by Crippen LogP contribution is 2.27. The smallest absolute Gasteiger partial charge is 0.344 e. The van der Waals surface area contributed by atoms with Crippen molar-refractivity contribution in [3.8, 4) is 12.1 Å². The van der Waals surface area contributed by atoms with E-state index in [1.165, 1.54) is 4.57 Å². The van der Waals surface area contributed by atoms with E-state index in [0.29, 0.717) is 17.4 Å². The summed E-state index contributed by atoms with van der Waals surface area (Å²) in [4.78, 5) is 25.0. The number of fused-ring (bicyclic) bond motifs is 1. The van der Waals surface area contributed by atoms with E-state index in [4.69, 9.17) is 4.74 Å². The highest BCUT2D eigenvalue weighted by atomic mass is 16.5. The predicted octanol–water partition coefficient (Wildman–Crippen LogP) is 2.33. The van der Waals surface area contributed by atoms with Gasteiger partial charge in [-0.1, -0.05) is 18.2 Å². The zero-order valence-corrected chi connectivity index (χ0v) is 12.9. The van der Waals surface area contributed by atoms with Crippen LogP contribution in [0.15, 0.2) is 29.1 Å². The first-order valence-electron chi connectivity index (χ1n) is 7.22. The van der Waals surface area contributed by atoms with E-state index in [1.54, 1.807) is 38.1 Å². The molecule has 0 aliphatic carbocycles. The van der Waals surface area contributed by atoms with Crippen LogP contribution in [0.3, 0.4) is 0 Å². The van der Waals surface area contributed by atoms with Crippen molar-refractivity contribution in [2.24, 2.45) is 0 Å². The average Bonchev–Trinajstić information content (AvgIpc) is 2.56. The third kappa shape index (κ3) is 2.67. The third-order valence-electron chi connectivity index (χ3n) is 3.56. The lowest BCUT2D eigenvalue weighted by molar-refractivity contribution is 0.0522. The fourth-order valence-electron chi connectivity index (χ4n) is 2.60. The third-order valence-corrected chi connectivity index (χ3v) is 3.56. The second-order valence-electron chi connectivity index (χ2n) is 4.77. The van der Waals surface area contributed by atoms with E-state index in [1.807, 2.05) is 12.1 Å². The van der Waals surface area contributed by atoms with Crippen molar-refractivity contribution in [3.05, 3.63) is 45.7 Å². The quantitative estimate of drug-likeness (QED) is 0.808. The molecular formula is C17H15N3O3. The van der Waals surface area contributed by atoms with Gasteiger partial charge in [-0.15, -0.1) is 0 Å². The van der Waals surface area contributed by atoms with Crippen molar-refractivity contribution in [1.29, 1.82) is 10.5 Å². The Morgan fingerprint density at radius 3 is 2.48 bits per heavy atom. The number of benzene rings is 1. The number of esters is 1. The van der Waals surface area contributed by atoms with E-state index < -0.39 is 17.4 Å². The van der Waals surface area contributed by atoms with Crippen LogP contribution in [0, 0.1) is 22.7 Å². The number of rotatable bonds is 4. The summed E-state index contributed by atoms with van der Waals surface area (Å²) in [5.74, 6) is -2.03. The standard InChI is InChI=1S/C17H15N3O3/c1-3-20-13-8-6-5-7-12(13)14(11(9-18)10-19)15(16(20)21)17(22)23-4-2/h5-8,11H,3-4H2,1-2H3. The summed E-state index contributed by atoms with van der Waals surface area (Å²) in [7, 11) is 0. The number of aromatic nitrogens is 1. The van der Waals surface area contributed by atoms with Crippen LogP contribution in [0.5, 0.6) is 0 Å². The van der Waals surface area contributed by atoms with Gasteiger partial charge in [-0.25, -0.2) is 4.79 Å². The van der Waals surface area contributed by atoms with Gasteiger partial charge in [0.05, 0.1) is 24.3 Å². The first-order valence-corrected chi connectivity index (χ1v) is 7.22. The first kappa shape index (κ1) is 16.3. The molecule has 0 saturated carbocycles. The van der Waals surface area contributed by atoms with Crippen molar-refractivity contribution in [1.82, 2.24) is 4.57 Å². The molecule has 1 aromatic carbocycles. The fourth-order valence-corrected chi connectivity index (χ4v) is 2.60. The Balaban J connectivity index is 3.02. The van der Waals surface area contributed by atoms with Crippen molar-refractivity contribution in [3.63, 3.8) is 0 Å². The molecule has 6 heteroatoms. The van der Waals surface area contributed by atoms with Gasteiger partial charge in [-0.05, 0) is 19.9 Å². The van der Waals surface area contributed by atoms with E-state index in [-0.39, 0.29) is 17.7 Å². The monoisotopic (exact) mass is 309 g/mol. The number of carbonyl (C=O) groups excluding carboxylic acids is 1. The van der Waals surface area contributed by atoms with Crippen LogP contribution in [0.25, 0.3) is 10.9 Å². The molecular weight excluding hydrogens is 294 g/mol. The maximum atomic E-state index is 12.7. The lowest BCUT2D eigenvalue weighted by Crippen LogP contribution is -2.30. The number of hydrogen-bond donors (Lipinski definition) is 0. The summed E-state index contributed by atoms with van der Waals surface area (Å²) in [6.45, 7) is 3.87. The van der Waals surface area contributed by atoms with Crippen LogP contribution < -0.4 is 5.56 Å². The van der Waals surface area contributed by atoms with E-state index in [0.717, 1.165) is 0 Å². The van der Waals surface area contributed by atoms with Gasteiger partial charge in [0.1, 0.15) is 5.56 Å². The van der Waals surface area contributed by atoms with Crippen LogP contribution in [0.2, 0.25) is 0 Å². The number of nitrogens with zero attached hydrogens (tertiary/aromatic N) is 3. The lowest BCUT2D eigenvalue weighted by Gasteiger charge is -2.16. The minimum absolute atomic E-state index is 0.0977. The molecule has 0 bridgehead atoms. The maximum Gasteiger partial charge on any atom is 0.344 e. The number of carbonyl (C=O) groups is 1. The summed E-state index contributed by atoms with van der Waals surface area (Å²) in [5.41, 5.74) is -0.0760. The Bertz CT molecular complexity index is 886. The number of pyridine rings is 1. The van der Waals surface area contributed by atoms with Gasteiger partial charge in [-0.2, -0.15) is 10.5 Å². The molecule has 0 aliphatic heterocycles. The fraction of sp³-hybridized carbons (Fsp3) is 0.294. The number of ether oxygens (including phenoxy) is 1. The number of aryl methyl sites for hydroxylation is 1. The Labute approximate surface area is 133 Å². The molecule has 0 amide bonds. The van der Waals surface area contributed by atoms with E-state index in [9.17, 15) is 20.1 Å². The number of nitriles is 2. The Morgan fingerprint density at radius 2 is 1.91 bits per heavy atom. The van der Waals surface area contributed by atoms with Gasteiger partial charge in [0.2, 0.25) is 0 Å². The van der Waals surface area contributed by atoms with Gasteiger partial charge in [-0.3, -0.25) is 4.79 Å². The molecule has 6 nitrogen and oxygen atoms in total. The van der Waals surface area contributed by atoms with Gasteiger partial charge in [0.15, 0.2) is 5.92 Å². The summed E-state index contributed by atoms with van der Waals surface area (Å²) in [6.07, 6.45) is 0. The molecule has 1 heterocycles. The van der Waals surface area contributed by atoms with Gasteiger partial charge in [0, 0.05) is 17.5 Å². The van der Waals surface area contributed by atoms with Crippen LogP contribution in [-0.4, -0.2) is 17.1 Å². The van der Waals surface area contributed by atoms with Crippen molar-refractivity contribution < 1.29 is 9.53 Å². The van der Waals surface area contributed by atoms with E-state index in [2.05, 4.69) is 0 Å². The zero-order valence-electron chi connectivity index (χ0n) is 12.9. The minimum Gasteiger partial charge on any atom is -0.462 e. The average molecular weight is 309 g/mol. The van der Waals surface area contributed by atoms with Crippen LogP contribution in [0.1, 0.15) is 35.7 Å². The summed E-state index contributed by atoms with van der Waals surface area (Å²) in [6, 6.07) is 10.6. The molecule has 23 heavy (non-hydrogen) atoms. The molecule has 2 rings (SSSR count). The molecule has 0 atom stereocenters. The molecule has 0 spiro atoms. The molecule has 0 radical (unpaired) electrons. The van der Waals surface area contributed by atoms with Crippen LogP contribution in [-0.2, 0) is 11.3 Å². The second kappa shape index (κ2) is 6.76. The Morgan fingerprint density at radius 1 is 1.26 bits per heavy atom. The van der Waals surface area contributed by atoms with E-state index >= 15 is 0 Å². The highest BCUT2D eigenvalue weighted by Gasteiger charge is 2.28. The number of hydrogen-bond acceptors (Lipinski definition) is 5. The van der Waals surface area contributed by atoms with Crippen molar-refractivity contribution in [2.45, 2.75) is 26.3 Å². The van der Waals surface area contributed by atoms with Crippen molar-refractivity contribution in [2.75, 3.05) is 6.61 Å². The lowest BCUT2D eigenvalue weighted by atomic mass is 9.92. The Kier molecular flexibility index (Phi) is 4.78. The maximum absolute atomic E-state index is 12.7. The van der Waals surface area contributed by atoms with Gasteiger partial charge < -0.3 is 9.30 Å². The second-order valence-corrected chi connectivity index (χ2v) is 4.77. The zero-order chi connectivity index (χ0) is 17.0. The molecule has 0 fully saturated rings. The summed E-state index contributed by atoms with van der Waals surface area (Å²) < 4.78 is 6.41. The minimum atomic E-state index is -1.22. The summed E-state index contributed by atoms with van der Waals surface area (Å²) in [5, 5.41) is 19.1. The topological polar surface area (TPSA) is 95.9 Å². The number of para-hydroxylation sites is 1. The highest BCUT2D eigenvalue weighted by molar-refractivity contribution is 5.98. The SMILES string of the molecule is CCOC(=O)c1c(C(C#N)C#N)c2ccccc2n(CC)c1=O. The van der Waals surface area contributed by atoms with Gasteiger partial charge >= 0.3 is 5.97 Å². The molecule has 0 aliphatic rings. The predicted molar refractivity (Wildman–Crippen MR) is 83.8 cm³/mol. The van der Waals surface area contributed by atoms with Crippen LogP contribution >= 0.6 is 0 Å². The largest absolute Gasteiger partial charge is 0.462 e. The normalized spacial score (nSPS) is 10.3. The Hall–Kier alpha value is -3.12. The van der Waals surface area contributed by atoms with Crippen LogP contribution in [0.4, 0.5) is 0 Å². The molecule has 116 valence electrons. The molecule has 0 saturated heterocycles. The molecule has 0 unspecified atom stereocenters. The van der Waals surface area contributed by atoms with Crippen molar-refractivity contribution >= 4 is 16.9 Å². The molecule has 0 N–H and O–H groups in total. The molecule has 2 aromatic rings. The van der Waals surface area contributed by atoms with Gasteiger partial charge in [0.25, 0.3) is 5.56 Å². The molecule has 1 aromatic heterocycles.